The normalized spacial score (nSPS) is 19.7. The predicted octanol–water partition coefficient (Wildman–Crippen LogP) is 1.59. The molecule has 1 atom stereocenters. The minimum atomic E-state index is 0.182. The second-order valence-electron chi connectivity index (χ2n) is 4.28. The van der Waals surface area contributed by atoms with Crippen LogP contribution in [0.5, 0.6) is 5.75 Å². The summed E-state index contributed by atoms with van der Waals surface area (Å²) in [7, 11) is 0. The third kappa shape index (κ3) is 4.29. The SMILES string of the molecule is CCOc1ccc(CNCC2COCCO2)cc1. The smallest absolute Gasteiger partial charge is 0.119 e. The fourth-order valence-electron chi connectivity index (χ4n) is 1.90. The number of benzene rings is 1. The van der Waals surface area contributed by atoms with Crippen LogP contribution in [0.1, 0.15) is 12.5 Å². The molecule has 0 saturated carbocycles. The molecule has 1 saturated heterocycles. The Morgan fingerprint density at radius 3 is 2.78 bits per heavy atom. The van der Waals surface area contributed by atoms with E-state index in [2.05, 4.69) is 17.4 Å². The van der Waals surface area contributed by atoms with Gasteiger partial charge in [0, 0.05) is 13.1 Å². The fourth-order valence-corrected chi connectivity index (χ4v) is 1.90. The summed E-state index contributed by atoms with van der Waals surface area (Å²) in [6.45, 7) is 6.47. The molecular weight excluding hydrogens is 230 g/mol. The Kier molecular flexibility index (Phi) is 5.45. The molecule has 100 valence electrons. The molecule has 1 N–H and O–H groups in total. The standard InChI is InChI=1S/C14H21NO3/c1-2-17-13-5-3-12(4-6-13)9-15-10-14-11-16-7-8-18-14/h3-6,14-15H,2,7-11H2,1H3. The van der Waals surface area contributed by atoms with E-state index in [1.54, 1.807) is 0 Å². The second kappa shape index (κ2) is 7.36. The number of nitrogens with one attached hydrogen (secondary N) is 1. The zero-order chi connectivity index (χ0) is 12.6. The van der Waals surface area contributed by atoms with E-state index in [1.165, 1.54) is 5.56 Å². The molecule has 1 aromatic rings. The van der Waals surface area contributed by atoms with Crippen molar-refractivity contribution in [3.8, 4) is 5.75 Å². The summed E-state index contributed by atoms with van der Waals surface area (Å²) in [5.74, 6) is 0.922. The van der Waals surface area contributed by atoms with Gasteiger partial charge in [-0.2, -0.15) is 0 Å². The van der Waals surface area contributed by atoms with Crippen molar-refractivity contribution >= 4 is 0 Å². The molecule has 1 aromatic carbocycles. The van der Waals surface area contributed by atoms with Gasteiger partial charge in [0.2, 0.25) is 0 Å². The maximum absolute atomic E-state index is 5.56. The van der Waals surface area contributed by atoms with Crippen LogP contribution in [0.2, 0.25) is 0 Å². The van der Waals surface area contributed by atoms with Gasteiger partial charge in [-0.1, -0.05) is 12.1 Å². The highest BCUT2D eigenvalue weighted by atomic mass is 16.6. The van der Waals surface area contributed by atoms with Crippen molar-refractivity contribution in [1.82, 2.24) is 5.32 Å². The molecule has 1 heterocycles. The van der Waals surface area contributed by atoms with Gasteiger partial charge in [-0.15, -0.1) is 0 Å². The molecule has 0 spiro atoms. The van der Waals surface area contributed by atoms with E-state index >= 15 is 0 Å². The summed E-state index contributed by atoms with van der Waals surface area (Å²) in [6, 6.07) is 8.16. The predicted molar refractivity (Wildman–Crippen MR) is 69.9 cm³/mol. The average molecular weight is 251 g/mol. The number of ether oxygens (including phenoxy) is 3. The van der Waals surface area contributed by atoms with E-state index in [4.69, 9.17) is 14.2 Å². The third-order valence-corrected chi connectivity index (χ3v) is 2.82. The molecule has 4 nitrogen and oxygen atoms in total. The van der Waals surface area contributed by atoms with Crippen LogP contribution in [-0.4, -0.2) is 39.1 Å². The lowest BCUT2D eigenvalue weighted by atomic mass is 10.2. The zero-order valence-corrected chi connectivity index (χ0v) is 10.9. The van der Waals surface area contributed by atoms with Crippen LogP contribution >= 0.6 is 0 Å². The molecule has 1 fully saturated rings. The Balaban J connectivity index is 1.69. The molecule has 18 heavy (non-hydrogen) atoms. The molecule has 0 aromatic heterocycles. The molecule has 0 bridgehead atoms. The summed E-state index contributed by atoms with van der Waals surface area (Å²) in [4.78, 5) is 0. The van der Waals surface area contributed by atoms with Gasteiger partial charge in [0.1, 0.15) is 5.75 Å². The number of hydrogen-bond acceptors (Lipinski definition) is 4. The lowest BCUT2D eigenvalue weighted by Gasteiger charge is -2.23. The molecule has 2 rings (SSSR count). The maximum atomic E-state index is 5.56. The highest BCUT2D eigenvalue weighted by Crippen LogP contribution is 2.11. The summed E-state index contributed by atoms with van der Waals surface area (Å²) >= 11 is 0. The molecule has 0 radical (unpaired) electrons. The van der Waals surface area contributed by atoms with E-state index in [0.717, 1.165) is 25.4 Å². The van der Waals surface area contributed by atoms with Gasteiger partial charge in [0.25, 0.3) is 0 Å². The van der Waals surface area contributed by atoms with Crippen LogP contribution in [0.15, 0.2) is 24.3 Å². The van der Waals surface area contributed by atoms with Crippen molar-refractivity contribution in [2.24, 2.45) is 0 Å². The molecule has 1 aliphatic rings. The summed E-state index contributed by atoms with van der Waals surface area (Å²) in [6.07, 6.45) is 0.182. The quantitative estimate of drug-likeness (QED) is 0.833. The Morgan fingerprint density at radius 1 is 1.28 bits per heavy atom. The first-order valence-corrected chi connectivity index (χ1v) is 6.50. The Morgan fingerprint density at radius 2 is 2.11 bits per heavy atom. The van der Waals surface area contributed by atoms with E-state index in [-0.39, 0.29) is 6.10 Å². The molecule has 4 heteroatoms. The van der Waals surface area contributed by atoms with Gasteiger partial charge in [0.05, 0.1) is 32.5 Å². The van der Waals surface area contributed by atoms with Crippen molar-refractivity contribution in [1.29, 1.82) is 0 Å². The van der Waals surface area contributed by atoms with Gasteiger partial charge in [-0.3, -0.25) is 0 Å². The van der Waals surface area contributed by atoms with Crippen LogP contribution < -0.4 is 10.1 Å². The van der Waals surface area contributed by atoms with Crippen molar-refractivity contribution in [2.75, 3.05) is 33.0 Å². The monoisotopic (exact) mass is 251 g/mol. The van der Waals surface area contributed by atoms with Crippen molar-refractivity contribution < 1.29 is 14.2 Å². The number of hydrogen-bond donors (Lipinski definition) is 1. The summed E-state index contributed by atoms with van der Waals surface area (Å²) < 4.78 is 16.3. The van der Waals surface area contributed by atoms with Gasteiger partial charge in [-0.05, 0) is 24.6 Å². The minimum Gasteiger partial charge on any atom is -0.494 e. The highest BCUT2D eigenvalue weighted by molar-refractivity contribution is 5.27. The molecule has 0 amide bonds. The summed E-state index contributed by atoms with van der Waals surface area (Å²) in [5.41, 5.74) is 1.25. The van der Waals surface area contributed by atoms with E-state index in [9.17, 15) is 0 Å². The van der Waals surface area contributed by atoms with Gasteiger partial charge >= 0.3 is 0 Å². The van der Waals surface area contributed by atoms with Crippen molar-refractivity contribution in [3.05, 3.63) is 29.8 Å². The molecular formula is C14H21NO3. The number of rotatable bonds is 6. The Bertz CT molecular complexity index is 333. The lowest BCUT2D eigenvalue weighted by Crippen LogP contribution is -2.37. The molecule has 0 aliphatic carbocycles. The maximum Gasteiger partial charge on any atom is 0.119 e. The van der Waals surface area contributed by atoms with E-state index in [1.807, 2.05) is 19.1 Å². The van der Waals surface area contributed by atoms with Crippen LogP contribution in [-0.2, 0) is 16.0 Å². The van der Waals surface area contributed by atoms with Gasteiger partial charge < -0.3 is 19.5 Å². The van der Waals surface area contributed by atoms with Gasteiger partial charge in [0.15, 0.2) is 0 Å². The molecule has 1 aliphatic heterocycles. The fraction of sp³-hybridized carbons (Fsp3) is 0.571. The Labute approximate surface area is 108 Å². The molecule has 1 unspecified atom stereocenters. The van der Waals surface area contributed by atoms with E-state index in [0.29, 0.717) is 19.8 Å². The first-order valence-electron chi connectivity index (χ1n) is 6.50. The van der Waals surface area contributed by atoms with Gasteiger partial charge in [-0.25, -0.2) is 0 Å². The highest BCUT2D eigenvalue weighted by Gasteiger charge is 2.13. The van der Waals surface area contributed by atoms with Crippen LogP contribution in [0.3, 0.4) is 0 Å². The third-order valence-electron chi connectivity index (χ3n) is 2.82. The van der Waals surface area contributed by atoms with Crippen LogP contribution in [0.25, 0.3) is 0 Å². The second-order valence-corrected chi connectivity index (χ2v) is 4.28. The zero-order valence-electron chi connectivity index (χ0n) is 10.9. The summed E-state index contributed by atoms with van der Waals surface area (Å²) in [5, 5.41) is 3.38. The van der Waals surface area contributed by atoms with Crippen molar-refractivity contribution in [2.45, 2.75) is 19.6 Å². The minimum absolute atomic E-state index is 0.182. The topological polar surface area (TPSA) is 39.7 Å². The average Bonchev–Trinajstić information content (AvgIpc) is 2.42. The largest absolute Gasteiger partial charge is 0.494 e. The Hall–Kier alpha value is -1.10. The van der Waals surface area contributed by atoms with Crippen LogP contribution in [0, 0.1) is 0 Å². The van der Waals surface area contributed by atoms with E-state index < -0.39 is 0 Å². The lowest BCUT2D eigenvalue weighted by molar-refractivity contribution is -0.0864. The first kappa shape index (κ1) is 13.3. The van der Waals surface area contributed by atoms with Crippen LogP contribution in [0.4, 0.5) is 0 Å². The van der Waals surface area contributed by atoms with Crippen molar-refractivity contribution in [3.63, 3.8) is 0 Å². The first-order chi connectivity index (χ1) is 8.88.